The molecule has 0 fully saturated rings. The highest BCUT2D eigenvalue weighted by atomic mass is 32.1. The van der Waals surface area contributed by atoms with E-state index in [1.54, 1.807) is 29.9 Å². The van der Waals surface area contributed by atoms with Crippen LogP contribution in [0.4, 0.5) is 0 Å². The molecule has 3 aromatic rings. The van der Waals surface area contributed by atoms with Crippen molar-refractivity contribution in [3.8, 4) is 5.75 Å². The molecule has 0 unspecified atom stereocenters. The van der Waals surface area contributed by atoms with Gasteiger partial charge in [0.05, 0.1) is 24.4 Å². The minimum Gasteiger partial charge on any atom is -0.497 e. The number of esters is 1. The second kappa shape index (κ2) is 7.53. The minimum absolute atomic E-state index is 0.0251. The fraction of sp³-hybridized carbons (Fsp3) is 0.211. The van der Waals surface area contributed by atoms with Crippen molar-refractivity contribution in [2.75, 3.05) is 14.2 Å². The number of aryl methyl sites for hydroxylation is 1. The van der Waals surface area contributed by atoms with Crippen LogP contribution in [0, 0.1) is 6.92 Å². The number of hydrogen-bond donors (Lipinski definition) is 0. The zero-order valence-corrected chi connectivity index (χ0v) is 15.5. The molecule has 7 heteroatoms. The number of fused-ring (bicyclic) bond motifs is 1. The van der Waals surface area contributed by atoms with Crippen molar-refractivity contribution >= 4 is 33.4 Å². The summed E-state index contributed by atoms with van der Waals surface area (Å²) in [5.41, 5.74) is 2.17. The van der Waals surface area contributed by atoms with Gasteiger partial charge in [-0.25, -0.2) is 0 Å². The van der Waals surface area contributed by atoms with E-state index in [0.29, 0.717) is 16.1 Å². The van der Waals surface area contributed by atoms with Crippen LogP contribution in [0.15, 0.2) is 47.5 Å². The maximum absolute atomic E-state index is 12.6. The number of nitrogens with zero attached hydrogens (tertiary/aromatic N) is 2. The molecule has 0 atom stereocenters. The molecule has 3 rings (SSSR count). The summed E-state index contributed by atoms with van der Waals surface area (Å²) in [6.45, 7) is 1.84. The van der Waals surface area contributed by atoms with Crippen LogP contribution < -0.4 is 9.54 Å². The zero-order chi connectivity index (χ0) is 18.7. The van der Waals surface area contributed by atoms with Crippen molar-refractivity contribution in [2.24, 2.45) is 4.99 Å². The third-order valence-corrected chi connectivity index (χ3v) is 5.02. The Morgan fingerprint density at radius 2 is 1.92 bits per heavy atom. The van der Waals surface area contributed by atoms with Crippen LogP contribution in [0.25, 0.3) is 10.2 Å². The van der Waals surface area contributed by atoms with E-state index in [2.05, 4.69) is 4.99 Å². The van der Waals surface area contributed by atoms with Crippen LogP contribution >= 0.6 is 11.3 Å². The van der Waals surface area contributed by atoms with E-state index in [1.165, 1.54) is 18.4 Å². The zero-order valence-electron chi connectivity index (χ0n) is 14.7. The summed E-state index contributed by atoms with van der Waals surface area (Å²) in [7, 11) is 2.92. The van der Waals surface area contributed by atoms with Crippen LogP contribution in [-0.2, 0) is 16.1 Å². The van der Waals surface area contributed by atoms with Crippen molar-refractivity contribution in [1.29, 1.82) is 0 Å². The normalized spacial score (nSPS) is 11.6. The van der Waals surface area contributed by atoms with Crippen molar-refractivity contribution in [3.05, 3.63) is 58.4 Å². The highest BCUT2D eigenvalue weighted by Gasteiger charge is 2.14. The summed E-state index contributed by atoms with van der Waals surface area (Å²) in [4.78, 5) is 29.1. The fourth-order valence-corrected chi connectivity index (χ4v) is 3.63. The first kappa shape index (κ1) is 17.9. The first-order valence-electron chi connectivity index (χ1n) is 7.92. The molecule has 0 aliphatic carbocycles. The SMILES string of the molecule is COC(=O)Cn1c(=NC(=O)c2ccccc2C)sc2cc(OC)ccc21. The molecule has 0 bridgehead atoms. The Balaban J connectivity index is 2.16. The Labute approximate surface area is 154 Å². The topological polar surface area (TPSA) is 69.9 Å². The highest BCUT2D eigenvalue weighted by Crippen LogP contribution is 2.23. The lowest BCUT2D eigenvalue weighted by molar-refractivity contribution is -0.141. The lowest BCUT2D eigenvalue weighted by Crippen LogP contribution is -2.22. The van der Waals surface area contributed by atoms with Gasteiger partial charge in [0, 0.05) is 5.56 Å². The molecule has 134 valence electrons. The molecule has 26 heavy (non-hydrogen) atoms. The predicted molar refractivity (Wildman–Crippen MR) is 99.5 cm³/mol. The van der Waals surface area contributed by atoms with E-state index in [9.17, 15) is 9.59 Å². The second-order valence-corrected chi connectivity index (χ2v) is 6.62. The van der Waals surface area contributed by atoms with Crippen molar-refractivity contribution < 1.29 is 19.1 Å². The van der Waals surface area contributed by atoms with Gasteiger partial charge in [0.15, 0.2) is 4.80 Å². The van der Waals surface area contributed by atoms with E-state index in [1.807, 2.05) is 31.2 Å². The molecule has 0 saturated heterocycles. The van der Waals surface area contributed by atoms with Gasteiger partial charge in [0.25, 0.3) is 5.91 Å². The summed E-state index contributed by atoms with van der Waals surface area (Å²) in [5, 5.41) is 0. The molecule has 0 radical (unpaired) electrons. The number of ether oxygens (including phenoxy) is 2. The van der Waals surface area contributed by atoms with Crippen molar-refractivity contribution in [3.63, 3.8) is 0 Å². The van der Waals surface area contributed by atoms with E-state index in [0.717, 1.165) is 15.8 Å². The largest absolute Gasteiger partial charge is 0.497 e. The van der Waals surface area contributed by atoms with Gasteiger partial charge in [-0.15, -0.1) is 0 Å². The number of amides is 1. The number of aromatic nitrogens is 1. The van der Waals surface area contributed by atoms with Gasteiger partial charge >= 0.3 is 5.97 Å². The number of rotatable bonds is 4. The number of methoxy groups -OCH3 is 2. The smallest absolute Gasteiger partial charge is 0.325 e. The monoisotopic (exact) mass is 370 g/mol. The van der Waals surface area contributed by atoms with E-state index in [-0.39, 0.29) is 12.5 Å². The van der Waals surface area contributed by atoms with Crippen LogP contribution in [0.2, 0.25) is 0 Å². The predicted octanol–water partition coefficient (Wildman–Crippen LogP) is 2.93. The summed E-state index contributed by atoms with van der Waals surface area (Å²) in [5.74, 6) is -0.0636. The number of carbonyl (C=O) groups excluding carboxylic acids is 2. The average Bonchev–Trinajstić information content (AvgIpc) is 2.97. The maximum Gasteiger partial charge on any atom is 0.325 e. The first-order chi connectivity index (χ1) is 12.5. The van der Waals surface area contributed by atoms with Crippen LogP contribution in [0.3, 0.4) is 0 Å². The lowest BCUT2D eigenvalue weighted by atomic mass is 10.1. The number of benzene rings is 2. The molecule has 1 amide bonds. The van der Waals surface area contributed by atoms with E-state index >= 15 is 0 Å². The molecule has 0 saturated carbocycles. The summed E-state index contributed by atoms with van der Waals surface area (Å²) < 4.78 is 12.6. The Bertz CT molecular complexity index is 1050. The van der Waals surface area contributed by atoms with Crippen LogP contribution in [0.5, 0.6) is 5.75 Å². The fourth-order valence-electron chi connectivity index (χ4n) is 2.57. The van der Waals surface area contributed by atoms with E-state index in [4.69, 9.17) is 9.47 Å². The first-order valence-corrected chi connectivity index (χ1v) is 8.74. The minimum atomic E-state index is -0.412. The van der Waals surface area contributed by atoms with Gasteiger partial charge in [-0.2, -0.15) is 4.99 Å². The Morgan fingerprint density at radius 1 is 1.15 bits per heavy atom. The van der Waals surface area contributed by atoms with Crippen molar-refractivity contribution in [1.82, 2.24) is 4.57 Å². The molecule has 0 N–H and O–H groups in total. The quantitative estimate of drug-likeness (QED) is 0.662. The molecule has 1 heterocycles. The highest BCUT2D eigenvalue weighted by molar-refractivity contribution is 7.16. The van der Waals surface area contributed by atoms with Crippen LogP contribution in [-0.4, -0.2) is 30.7 Å². The molecule has 0 aliphatic heterocycles. The van der Waals surface area contributed by atoms with Gasteiger partial charge in [-0.05, 0) is 36.8 Å². The lowest BCUT2D eigenvalue weighted by Gasteiger charge is -2.05. The molecular formula is C19H18N2O4S. The van der Waals surface area contributed by atoms with Gasteiger partial charge in [-0.3, -0.25) is 9.59 Å². The maximum atomic E-state index is 12.6. The summed E-state index contributed by atoms with van der Waals surface area (Å²) in [6, 6.07) is 12.8. The standard InChI is InChI=1S/C19H18N2O4S/c1-12-6-4-5-7-14(12)18(23)20-19-21(11-17(22)25-3)15-9-8-13(24-2)10-16(15)26-19/h4-10H,11H2,1-3H3. The molecule has 0 spiro atoms. The Hall–Kier alpha value is -2.93. The van der Waals surface area contributed by atoms with Gasteiger partial charge < -0.3 is 14.0 Å². The second-order valence-electron chi connectivity index (χ2n) is 5.61. The van der Waals surface area contributed by atoms with Gasteiger partial charge in [0.2, 0.25) is 0 Å². The molecule has 6 nitrogen and oxygen atoms in total. The van der Waals surface area contributed by atoms with Crippen LogP contribution in [0.1, 0.15) is 15.9 Å². The summed E-state index contributed by atoms with van der Waals surface area (Å²) >= 11 is 1.32. The van der Waals surface area contributed by atoms with Gasteiger partial charge in [-0.1, -0.05) is 29.5 Å². The third-order valence-electron chi connectivity index (χ3n) is 3.98. The average molecular weight is 370 g/mol. The van der Waals surface area contributed by atoms with Crippen molar-refractivity contribution in [2.45, 2.75) is 13.5 Å². The summed E-state index contributed by atoms with van der Waals surface area (Å²) in [6.07, 6.45) is 0. The Kier molecular flexibility index (Phi) is 5.18. The molecular weight excluding hydrogens is 352 g/mol. The third kappa shape index (κ3) is 3.52. The van der Waals surface area contributed by atoms with E-state index < -0.39 is 5.97 Å². The molecule has 0 aliphatic rings. The van der Waals surface area contributed by atoms with Gasteiger partial charge in [0.1, 0.15) is 12.3 Å². The molecule has 2 aromatic carbocycles. The number of thiazole rings is 1. The molecule has 1 aromatic heterocycles. The Morgan fingerprint density at radius 3 is 2.62 bits per heavy atom. The number of hydrogen-bond acceptors (Lipinski definition) is 5. The number of carbonyl (C=O) groups is 2.